The fourth-order valence-corrected chi connectivity index (χ4v) is 2.70. The Kier molecular flexibility index (Phi) is 13.3. The monoisotopic (exact) mass is 344 g/mol. The first-order valence-electron chi connectivity index (χ1n) is 9.48. The lowest BCUT2D eigenvalue weighted by atomic mass is 10.1. The van der Waals surface area contributed by atoms with Crippen molar-refractivity contribution < 1.29 is 19.3 Å². The van der Waals surface area contributed by atoms with Gasteiger partial charge in [0.25, 0.3) is 0 Å². The predicted molar refractivity (Wildman–Crippen MR) is 97.6 cm³/mol. The summed E-state index contributed by atoms with van der Waals surface area (Å²) in [5.41, 5.74) is 2.42. The molecule has 0 spiro atoms. The minimum absolute atomic E-state index is 0.106. The standard InChI is InChI=1S/C18H37N3O3/c1-4-5-6-7-8-9-10-11-12-14-17(22)19-15-13-16-21(2,3)20-18(23)24/h20H,4-16H2,1-3H3,(H-,19,22,23,24)/p+1. The molecule has 6 heteroatoms. The molecule has 0 heterocycles. The Labute approximate surface area is 147 Å². The average Bonchev–Trinajstić information content (AvgIpc) is 2.48. The van der Waals surface area contributed by atoms with Gasteiger partial charge in [0.1, 0.15) is 6.54 Å². The van der Waals surface area contributed by atoms with Crippen LogP contribution in [0.3, 0.4) is 0 Å². The van der Waals surface area contributed by atoms with Crippen molar-refractivity contribution in [2.24, 2.45) is 0 Å². The summed E-state index contributed by atoms with van der Waals surface area (Å²) >= 11 is 0. The molecule has 0 bridgehead atoms. The molecule has 0 aromatic rings. The molecule has 0 atom stereocenters. The third-order valence-corrected chi connectivity index (χ3v) is 4.12. The van der Waals surface area contributed by atoms with Crippen LogP contribution in [0.4, 0.5) is 4.79 Å². The van der Waals surface area contributed by atoms with Gasteiger partial charge in [-0.3, -0.25) is 4.79 Å². The Morgan fingerprint density at radius 3 is 1.96 bits per heavy atom. The second-order valence-corrected chi connectivity index (χ2v) is 7.11. The number of quaternary nitrogens is 1. The molecule has 0 rings (SSSR count). The summed E-state index contributed by atoms with van der Waals surface area (Å²) in [5.74, 6) is 0.106. The summed E-state index contributed by atoms with van der Waals surface area (Å²) in [4.78, 5) is 22.3. The second-order valence-electron chi connectivity index (χ2n) is 7.11. The topological polar surface area (TPSA) is 78.4 Å². The molecule has 24 heavy (non-hydrogen) atoms. The van der Waals surface area contributed by atoms with Crippen molar-refractivity contribution in [1.29, 1.82) is 0 Å². The van der Waals surface area contributed by atoms with Gasteiger partial charge in [-0.2, -0.15) is 5.43 Å². The molecule has 0 aliphatic carbocycles. The number of carbonyl (C=O) groups is 2. The van der Waals surface area contributed by atoms with Gasteiger partial charge in [-0.1, -0.05) is 58.3 Å². The molecule has 6 nitrogen and oxygen atoms in total. The van der Waals surface area contributed by atoms with Crippen LogP contribution in [-0.2, 0) is 4.79 Å². The van der Waals surface area contributed by atoms with E-state index in [0.29, 0.717) is 19.5 Å². The molecule has 2 amide bonds. The molecule has 142 valence electrons. The number of hydrogen-bond donors (Lipinski definition) is 3. The normalized spacial score (nSPS) is 11.3. The summed E-state index contributed by atoms with van der Waals surface area (Å²) in [5, 5.41) is 11.6. The van der Waals surface area contributed by atoms with Gasteiger partial charge in [-0.25, -0.2) is 9.39 Å². The van der Waals surface area contributed by atoms with Gasteiger partial charge in [0.05, 0.1) is 14.1 Å². The predicted octanol–water partition coefficient (Wildman–Crippen LogP) is 3.67. The van der Waals surface area contributed by atoms with Crippen LogP contribution in [0.5, 0.6) is 0 Å². The molecule has 0 saturated heterocycles. The molecule has 0 radical (unpaired) electrons. The van der Waals surface area contributed by atoms with Crippen LogP contribution in [-0.4, -0.2) is 48.9 Å². The first kappa shape index (κ1) is 22.7. The molecule has 0 fully saturated rings. The number of amides is 2. The van der Waals surface area contributed by atoms with Crippen molar-refractivity contribution in [2.45, 2.75) is 77.6 Å². The summed E-state index contributed by atoms with van der Waals surface area (Å²) in [6.07, 6.45) is 11.6. The highest BCUT2D eigenvalue weighted by molar-refractivity contribution is 5.75. The maximum atomic E-state index is 11.7. The van der Waals surface area contributed by atoms with E-state index in [-0.39, 0.29) is 10.5 Å². The van der Waals surface area contributed by atoms with Crippen molar-refractivity contribution in [1.82, 2.24) is 10.7 Å². The first-order valence-corrected chi connectivity index (χ1v) is 9.48. The Morgan fingerprint density at radius 1 is 0.875 bits per heavy atom. The molecule has 0 aliphatic rings. The van der Waals surface area contributed by atoms with E-state index in [0.717, 1.165) is 19.3 Å². The van der Waals surface area contributed by atoms with Crippen LogP contribution in [0, 0.1) is 0 Å². The van der Waals surface area contributed by atoms with E-state index in [1.165, 1.54) is 44.9 Å². The van der Waals surface area contributed by atoms with E-state index in [9.17, 15) is 9.59 Å². The van der Waals surface area contributed by atoms with Gasteiger partial charge in [-0.15, -0.1) is 0 Å². The fourth-order valence-electron chi connectivity index (χ4n) is 2.70. The minimum atomic E-state index is -1.03. The smallest absolute Gasteiger partial charge is 0.449 e. The third kappa shape index (κ3) is 15.6. The van der Waals surface area contributed by atoms with Crippen LogP contribution in [0.25, 0.3) is 0 Å². The Morgan fingerprint density at radius 2 is 1.42 bits per heavy atom. The molecular weight excluding hydrogens is 306 g/mol. The van der Waals surface area contributed by atoms with Crippen molar-refractivity contribution in [3.8, 4) is 0 Å². The van der Waals surface area contributed by atoms with Gasteiger partial charge in [0.15, 0.2) is 0 Å². The molecule has 0 aromatic heterocycles. The lowest BCUT2D eigenvalue weighted by molar-refractivity contribution is -0.925. The van der Waals surface area contributed by atoms with Gasteiger partial charge in [0.2, 0.25) is 5.91 Å². The number of carbonyl (C=O) groups excluding carboxylic acids is 1. The van der Waals surface area contributed by atoms with Crippen molar-refractivity contribution >= 4 is 12.0 Å². The molecule has 0 aromatic carbocycles. The van der Waals surface area contributed by atoms with E-state index in [1.54, 1.807) is 14.1 Å². The highest BCUT2D eigenvalue weighted by atomic mass is 16.4. The summed E-state index contributed by atoms with van der Waals surface area (Å²) in [6, 6.07) is 0. The van der Waals surface area contributed by atoms with Crippen molar-refractivity contribution in [3.05, 3.63) is 0 Å². The second kappa shape index (κ2) is 14.1. The number of carboxylic acid groups (broad SMARTS) is 1. The van der Waals surface area contributed by atoms with Gasteiger partial charge < -0.3 is 10.4 Å². The lowest BCUT2D eigenvalue weighted by Crippen LogP contribution is -2.54. The van der Waals surface area contributed by atoms with E-state index in [2.05, 4.69) is 17.7 Å². The zero-order chi connectivity index (χ0) is 18.3. The number of unbranched alkanes of at least 4 members (excludes halogenated alkanes) is 8. The van der Waals surface area contributed by atoms with Crippen molar-refractivity contribution in [2.75, 3.05) is 27.2 Å². The van der Waals surface area contributed by atoms with Gasteiger partial charge >= 0.3 is 6.09 Å². The van der Waals surface area contributed by atoms with E-state index >= 15 is 0 Å². The number of nitrogens with one attached hydrogen (secondary N) is 2. The zero-order valence-electron chi connectivity index (χ0n) is 15.9. The van der Waals surface area contributed by atoms with Crippen molar-refractivity contribution in [3.63, 3.8) is 0 Å². The lowest BCUT2D eigenvalue weighted by Gasteiger charge is -2.27. The van der Waals surface area contributed by atoms with Gasteiger partial charge in [0, 0.05) is 19.4 Å². The number of rotatable bonds is 15. The fraction of sp³-hybridized carbons (Fsp3) is 0.889. The largest absolute Gasteiger partial charge is 0.462 e. The highest BCUT2D eigenvalue weighted by Crippen LogP contribution is 2.10. The maximum Gasteiger partial charge on any atom is 0.449 e. The van der Waals surface area contributed by atoms with Crippen LogP contribution in [0.15, 0.2) is 0 Å². The van der Waals surface area contributed by atoms with E-state index < -0.39 is 6.09 Å². The zero-order valence-corrected chi connectivity index (χ0v) is 15.9. The molecular formula is C18H38N3O3+. The highest BCUT2D eigenvalue weighted by Gasteiger charge is 2.17. The number of nitrogens with zero attached hydrogens (tertiary/aromatic N) is 1. The average molecular weight is 345 g/mol. The summed E-state index contributed by atoms with van der Waals surface area (Å²) in [6.45, 7) is 3.47. The molecule has 0 aliphatic heterocycles. The van der Waals surface area contributed by atoms with Crippen LogP contribution < -0.4 is 10.7 Å². The SMILES string of the molecule is CCCCCCCCCCCC(=O)NCCC[N+](C)(C)NC(=O)O. The Balaban J connectivity index is 3.43. The quantitative estimate of drug-likeness (QED) is 0.241. The van der Waals surface area contributed by atoms with E-state index in [4.69, 9.17) is 5.11 Å². The first-order chi connectivity index (χ1) is 11.4. The third-order valence-electron chi connectivity index (χ3n) is 4.12. The summed E-state index contributed by atoms with van der Waals surface area (Å²) < 4.78 is 0.198. The van der Waals surface area contributed by atoms with Gasteiger partial charge in [-0.05, 0) is 6.42 Å². The van der Waals surface area contributed by atoms with Crippen LogP contribution in [0.1, 0.15) is 77.6 Å². The molecule has 0 saturated carbocycles. The molecule has 0 unspecified atom stereocenters. The summed E-state index contributed by atoms with van der Waals surface area (Å²) in [7, 11) is 3.58. The van der Waals surface area contributed by atoms with Crippen LogP contribution >= 0.6 is 0 Å². The maximum absolute atomic E-state index is 11.7. The minimum Gasteiger partial charge on any atom is -0.462 e. The Hall–Kier alpha value is -1.30. The Bertz CT molecular complexity index is 346. The van der Waals surface area contributed by atoms with E-state index in [1.807, 2.05) is 0 Å². The number of hydrogen-bond acceptors (Lipinski definition) is 2. The van der Waals surface area contributed by atoms with Crippen LogP contribution in [0.2, 0.25) is 0 Å². The molecule has 3 N–H and O–H groups in total.